The normalized spacial score (nSPS) is 41.1. The number of fused-ring (bicyclic) bond motifs is 5. The lowest BCUT2D eigenvalue weighted by molar-refractivity contribution is -0.274. The number of ether oxygens (including phenoxy) is 6. The fraction of sp³-hybridized carbons (Fsp3) is 0.939. The third kappa shape index (κ3) is 6.48. The molecule has 0 spiro atoms. The van der Waals surface area contributed by atoms with E-state index in [1.807, 2.05) is 0 Å². The summed E-state index contributed by atoms with van der Waals surface area (Å²) in [5, 5.41) is 0. The summed E-state index contributed by atoms with van der Waals surface area (Å²) in [4.78, 5) is 27.0. The fourth-order valence-electron chi connectivity index (χ4n) is 9.91. The van der Waals surface area contributed by atoms with E-state index in [1.54, 1.807) is 21.3 Å². The number of hydrogen-bond donors (Lipinski definition) is 0. The summed E-state index contributed by atoms with van der Waals surface area (Å²) >= 11 is 0. The van der Waals surface area contributed by atoms with Crippen LogP contribution >= 0.6 is 0 Å². The van der Waals surface area contributed by atoms with Gasteiger partial charge in [-0.2, -0.15) is 0 Å². The lowest BCUT2D eigenvalue weighted by atomic mass is 9.43. The molecule has 41 heavy (non-hydrogen) atoms. The Labute approximate surface area is 247 Å². The minimum absolute atomic E-state index is 0.0124. The second kappa shape index (κ2) is 13.8. The molecule has 0 amide bonds. The van der Waals surface area contributed by atoms with E-state index in [2.05, 4.69) is 34.6 Å². The molecular weight excluding hydrogens is 524 g/mol. The van der Waals surface area contributed by atoms with Crippen LogP contribution in [0.3, 0.4) is 0 Å². The molecule has 0 saturated heterocycles. The predicted molar refractivity (Wildman–Crippen MR) is 155 cm³/mol. The van der Waals surface area contributed by atoms with Crippen LogP contribution < -0.4 is 0 Å². The summed E-state index contributed by atoms with van der Waals surface area (Å²) < 4.78 is 35.2. The van der Waals surface area contributed by atoms with Crippen molar-refractivity contribution in [2.75, 3.05) is 41.7 Å². The van der Waals surface area contributed by atoms with Crippen LogP contribution in [0.15, 0.2) is 0 Å². The maximum atomic E-state index is 14.2. The summed E-state index contributed by atoms with van der Waals surface area (Å²) in [6.07, 6.45) is 6.16. The summed E-state index contributed by atoms with van der Waals surface area (Å²) in [7, 11) is 4.94. The summed E-state index contributed by atoms with van der Waals surface area (Å²) in [6, 6.07) is 0. The van der Waals surface area contributed by atoms with E-state index in [1.165, 1.54) is 0 Å². The molecule has 4 fully saturated rings. The van der Waals surface area contributed by atoms with Crippen LogP contribution in [0.1, 0.15) is 86.0 Å². The zero-order valence-corrected chi connectivity index (χ0v) is 26.8. The smallest absolute Gasteiger partial charge is 0.146 e. The fourth-order valence-corrected chi connectivity index (χ4v) is 9.91. The first-order valence-corrected chi connectivity index (χ1v) is 15.9. The number of rotatable bonds is 14. The highest BCUT2D eigenvalue weighted by Gasteiger charge is 2.68. The van der Waals surface area contributed by atoms with Crippen molar-refractivity contribution in [3.8, 4) is 0 Å². The quantitative estimate of drug-likeness (QED) is 0.244. The number of methoxy groups -OCH3 is 3. The Balaban J connectivity index is 1.69. The largest absolute Gasteiger partial charge is 0.359 e. The molecule has 0 aromatic carbocycles. The first kappa shape index (κ1) is 33.0. The van der Waals surface area contributed by atoms with E-state index in [0.717, 1.165) is 32.1 Å². The molecule has 0 aromatic heterocycles. The van der Waals surface area contributed by atoms with Gasteiger partial charge in [-0.15, -0.1) is 0 Å². The molecule has 4 rings (SSSR count). The minimum Gasteiger partial charge on any atom is -0.359 e. The van der Waals surface area contributed by atoms with Crippen molar-refractivity contribution >= 4 is 11.6 Å². The third-order valence-corrected chi connectivity index (χ3v) is 11.5. The van der Waals surface area contributed by atoms with Gasteiger partial charge in [-0.25, -0.2) is 0 Å². The van der Waals surface area contributed by atoms with E-state index < -0.39 is 0 Å². The van der Waals surface area contributed by atoms with E-state index >= 15 is 0 Å². The van der Waals surface area contributed by atoms with Crippen molar-refractivity contribution in [3.05, 3.63) is 0 Å². The van der Waals surface area contributed by atoms with Crippen molar-refractivity contribution in [1.82, 2.24) is 0 Å². The van der Waals surface area contributed by atoms with Gasteiger partial charge in [-0.1, -0.05) is 34.6 Å². The van der Waals surface area contributed by atoms with Gasteiger partial charge in [-0.3, -0.25) is 9.59 Å². The van der Waals surface area contributed by atoms with Crippen LogP contribution in [0.2, 0.25) is 0 Å². The van der Waals surface area contributed by atoms with Gasteiger partial charge in [-0.05, 0) is 72.5 Å². The van der Waals surface area contributed by atoms with Gasteiger partial charge in [0.25, 0.3) is 0 Å². The van der Waals surface area contributed by atoms with Crippen LogP contribution in [-0.4, -0.2) is 71.6 Å². The maximum absolute atomic E-state index is 14.2. The van der Waals surface area contributed by atoms with Crippen molar-refractivity contribution in [2.45, 2.75) is 104 Å². The Kier molecular flexibility index (Phi) is 11.1. The topological polar surface area (TPSA) is 89.5 Å². The van der Waals surface area contributed by atoms with Crippen LogP contribution in [-0.2, 0) is 38.0 Å². The van der Waals surface area contributed by atoms with E-state index in [-0.39, 0.29) is 79.1 Å². The molecule has 236 valence electrons. The van der Waals surface area contributed by atoms with E-state index in [4.69, 9.17) is 28.4 Å². The lowest BCUT2D eigenvalue weighted by Gasteiger charge is -2.64. The number of hydrogen-bond acceptors (Lipinski definition) is 8. The molecule has 0 radical (unpaired) electrons. The van der Waals surface area contributed by atoms with Gasteiger partial charge in [0.15, 0.2) is 0 Å². The maximum Gasteiger partial charge on any atom is 0.146 e. The molecule has 11 atom stereocenters. The first-order valence-electron chi connectivity index (χ1n) is 15.9. The van der Waals surface area contributed by atoms with Gasteiger partial charge in [0.2, 0.25) is 0 Å². The molecule has 0 bridgehead atoms. The number of carbonyl (C=O) groups excluding carboxylic acids is 2. The number of Topliss-reactive ketones (excluding diaryl/α,β-unsaturated/α-hetero) is 2. The highest BCUT2D eigenvalue weighted by Crippen LogP contribution is 2.68. The Bertz CT molecular complexity index is 892. The van der Waals surface area contributed by atoms with Crippen LogP contribution in [0, 0.1) is 52.3 Å². The van der Waals surface area contributed by atoms with Crippen molar-refractivity contribution in [2.24, 2.45) is 52.3 Å². The van der Waals surface area contributed by atoms with Gasteiger partial charge < -0.3 is 28.4 Å². The van der Waals surface area contributed by atoms with Gasteiger partial charge in [0.05, 0.1) is 18.3 Å². The van der Waals surface area contributed by atoms with Crippen molar-refractivity contribution in [3.63, 3.8) is 0 Å². The Morgan fingerprint density at radius 1 is 0.829 bits per heavy atom. The molecule has 0 heterocycles. The van der Waals surface area contributed by atoms with E-state index in [0.29, 0.717) is 42.7 Å². The van der Waals surface area contributed by atoms with Gasteiger partial charge in [0.1, 0.15) is 31.9 Å². The Hall–Kier alpha value is -0.900. The third-order valence-electron chi connectivity index (χ3n) is 11.5. The van der Waals surface area contributed by atoms with Crippen molar-refractivity contribution < 1.29 is 38.0 Å². The second-order valence-electron chi connectivity index (χ2n) is 14.5. The molecule has 8 nitrogen and oxygen atoms in total. The van der Waals surface area contributed by atoms with Crippen LogP contribution in [0.25, 0.3) is 0 Å². The van der Waals surface area contributed by atoms with E-state index in [9.17, 15) is 9.59 Å². The zero-order chi connectivity index (χ0) is 29.9. The van der Waals surface area contributed by atoms with Crippen molar-refractivity contribution in [1.29, 1.82) is 0 Å². The molecule has 0 aliphatic heterocycles. The molecular formula is C33H56O8. The number of carbonyl (C=O) groups is 2. The highest BCUT2D eigenvalue weighted by atomic mass is 16.7. The first-order chi connectivity index (χ1) is 19.5. The Morgan fingerprint density at radius 2 is 1.44 bits per heavy atom. The van der Waals surface area contributed by atoms with Crippen LogP contribution in [0.5, 0.6) is 0 Å². The molecule has 0 N–H and O–H groups in total. The predicted octanol–water partition coefficient (Wildman–Crippen LogP) is 5.65. The standard InChI is InChI=1S/C33H56O8/c1-20(2)13-22(34)14-21(3)25-16-27(35)29-28-24(10-12-33(25,29)5)32(4)11-9-23(39-17-36-6)15-26(32)30(40-18-37-7)31(28)41-19-38-8/h20-21,23-26,28-31H,9-19H2,1-8H3/t21-,23-,24+,25-,26-,28-,29-,30-,31-,32-,33-/m1/s1. The monoisotopic (exact) mass is 580 g/mol. The Morgan fingerprint density at radius 3 is 2.07 bits per heavy atom. The zero-order valence-electron chi connectivity index (χ0n) is 26.8. The average molecular weight is 581 g/mol. The minimum atomic E-state index is -0.292. The summed E-state index contributed by atoms with van der Waals surface area (Å²) in [5.41, 5.74) is -0.181. The highest BCUT2D eigenvalue weighted by molar-refractivity contribution is 5.86. The lowest BCUT2D eigenvalue weighted by Crippen LogP contribution is -2.66. The molecule has 4 saturated carbocycles. The summed E-state index contributed by atoms with van der Waals surface area (Å²) in [5.74, 6) is 1.82. The second-order valence-corrected chi connectivity index (χ2v) is 14.5. The molecule has 4 aliphatic carbocycles. The molecule has 0 unspecified atom stereocenters. The summed E-state index contributed by atoms with van der Waals surface area (Å²) in [6.45, 7) is 11.7. The molecule has 4 aliphatic rings. The average Bonchev–Trinajstić information content (AvgIpc) is 3.19. The van der Waals surface area contributed by atoms with Gasteiger partial charge >= 0.3 is 0 Å². The van der Waals surface area contributed by atoms with Gasteiger partial charge in [0, 0.05) is 52.4 Å². The molecule has 0 aromatic rings. The SMILES string of the molecule is COCO[C@@H]1CC[C@@]2(C)[C@H](C1)[C@@H](OCOC)[C@H](OCOC)[C@H]1[C@H]3C(=O)C[C@H]([C@H](C)CC(=O)CC(C)C)[C@@]3(C)CC[C@@H]12. The molecule has 8 heteroatoms. The number of ketones is 2. The van der Waals surface area contributed by atoms with Crippen LogP contribution in [0.4, 0.5) is 0 Å².